The number of amides is 2. The van der Waals surface area contributed by atoms with Crippen LogP contribution in [0.15, 0.2) is 72.3 Å². The summed E-state index contributed by atoms with van der Waals surface area (Å²) in [6.07, 6.45) is 1.95. The van der Waals surface area contributed by atoms with Crippen LogP contribution in [0.3, 0.4) is 0 Å². The summed E-state index contributed by atoms with van der Waals surface area (Å²) < 4.78 is 5.49. The Morgan fingerprint density at radius 3 is 1.65 bits per heavy atom. The number of hydrogen-bond donors (Lipinski definition) is 2. The quantitative estimate of drug-likeness (QED) is 0.584. The summed E-state index contributed by atoms with van der Waals surface area (Å²) in [5, 5.41) is 5.54. The van der Waals surface area contributed by atoms with Gasteiger partial charge in [0.25, 0.3) is 11.8 Å². The fourth-order valence-electron chi connectivity index (χ4n) is 2.41. The molecule has 2 aromatic rings. The molecule has 0 atom stereocenters. The van der Waals surface area contributed by atoms with E-state index in [1.807, 2.05) is 56.3 Å². The van der Waals surface area contributed by atoms with Gasteiger partial charge in [0.1, 0.15) is 0 Å². The van der Waals surface area contributed by atoms with Crippen molar-refractivity contribution in [3.63, 3.8) is 0 Å². The highest BCUT2D eigenvalue weighted by molar-refractivity contribution is 6.17. The van der Waals surface area contributed by atoms with Gasteiger partial charge in [0.05, 0.1) is 0 Å². The van der Waals surface area contributed by atoms with E-state index in [1.54, 1.807) is 24.3 Å². The maximum Gasteiger partial charge on any atom is 0.266 e. The van der Waals surface area contributed by atoms with Gasteiger partial charge in [-0.15, -0.1) is 0 Å². The molecule has 0 bridgehead atoms. The first-order valence-electron chi connectivity index (χ1n) is 8.39. The van der Waals surface area contributed by atoms with Crippen LogP contribution in [0.4, 0.5) is 11.4 Å². The lowest BCUT2D eigenvalue weighted by atomic mass is 9.95. The van der Waals surface area contributed by atoms with Crippen LogP contribution in [-0.2, 0) is 14.3 Å². The fraction of sp³-hybridized carbons (Fsp3) is 0.238. The largest absolute Gasteiger partial charge is 0.359 e. The molecule has 0 saturated heterocycles. The van der Waals surface area contributed by atoms with Gasteiger partial charge in [-0.2, -0.15) is 0 Å². The van der Waals surface area contributed by atoms with Gasteiger partial charge in [0.2, 0.25) is 5.60 Å². The van der Waals surface area contributed by atoms with Crippen molar-refractivity contribution in [1.29, 1.82) is 0 Å². The molecule has 2 rings (SSSR count). The van der Waals surface area contributed by atoms with E-state index in [1.165, 1.54) is 7.11 Å². The Labute approximate surface area is 154 Å². The Bertz CT molecular complexity index is 713. The average molecular weight is 352 g/mol. The number of carbonyl (C=O) groups is 2. The maximum absolute atomic E-state index is 13.0. The molecular formula is C21H24N2O3. The number of rotatable bonds is 7. The first kappa shape index (κ1) is 19.4. The molecule has 0 saturated carbocycles. The van der Waals surface area contributed by atoms with Gasteiger partial charge < -0.3 is 15.4 Å². The van der Waals surface area contributed by atoms with Gasteiger partial charge in [-0.3, -0.25) is 9.59 Å². The van der Waals surface area contributed by atoms with Crippen molar-refractivity contribution in [2.75, 3.05) is 17.7 Å². The summed E-state index contributed by atoms with van der Waals surface area (Å²) in [7, 11) is 1.37. The van der Waals surface area contributed by atoms with Crippen molar-refractivity contribution in [1.82, 2.24) is 0 Å². The molecule has 136 valence electrons. The summed E-state index contributed by atoms with van der Waals surface area (Å²) in [6, 6.07) is 18.0. The zero-order valence-corrected chi connectivity index (χ0v) is 15.3. The number of anilines is 2. The zero-order chi connectivity index (χ0) is 19.0. The monoisotopic (exact) mass is 352 g/mol. The molecule has 0 aliphatic carbocycles. The SMILES string of the molecule is COC(CC=C(C)C)(C(=O)Nc1ccccc1)C(=O)Nc1ccccc1. The standard InChI is InChI=1S/C21H24N2O3/c1-16(2)14-15-21(26-3,19(24)22-17-10-6-4-7-11-17)20(25)23-18-12-8-5-9-13-18/h4-14H,15H2,1-3H3,(H,22,24)(H,23,25). The summed E-state index contributed by atoms with van der Waals surface area (Å²) in [5.74, 6) is -1.03. The van der Waals surface area contributed by atoms with E-state index >= 15 is 0 Å². The van der Waals surface area contributed by atoms with Gasteiger partial charge in [0.15, 0.2) is 0 Å². The Morgan fingerprint density at radius 1 is 0.885 bits per heavy atom. The first-order chi connectivity index (χ1) is 12.5. The van der Waals surface area contributed by atoms with Crippen LogP contribution in [0, 0.1) is 0 Å². The van der Waals surface area contributed by atoms with E-state index in [0.29, 0.717) is 11.4 Å². The molecule has 5 heteroatoms. The highest BCUT2D eigenvalue weighted by Gasteiger charge is 2.45. The summed E-state index contributed by atoms with van der Waals surface area (Å²) in [4.78, 5) is 26.0. The minimum atomic E-state index is -1.68. The molecule has 0 aromatic heterocycles. The molecule has 0 aliphatic rings. The Morgan fingerprint density at radius 2 is 1.31 bits per heavy atom. The molecule has 0 radical (unpaired) electrons. The van der Waals surface area contributed by atoms with Crippen LogP contribution in [0.1, 0.15) is 20.3 Å². The van der Waals surface area contributed by atoms with Gasteiger partial charge in [-0.1, -0.05) is 48.0 Å². The van der Waals surface area contributed by atoms with E-state index in [4.69, 9.17) is 4.74 Å². The van der Waals surface area contributed by atoms with Crippen molar-refractivity contribution < 1.29 is 14.3 Å². The molecule has 0 fully saturated rings. The van der Waals surface area contributed by atoms with Gasteiger partial charge in [-0.05, 0) is 38.1 Å². The van der Waals surface area contributed by atoms with Crippen LogP contribution in [-0.4, -0.2) is 24.5 Å². The van der Waals surface area contributed by atoms with Crippen molar-refractivity contribution >= 4 is 23.2 Å². The number of nitrogens with one attached hydrogen (secondary N) is 2. The predicted octanol–water partition coefficient (Wildman–Crippen LogP) is 4.01. The highest BCUT2D eigenvalue weighted by atomic mass is 16.5. The number of para-hydroxylation sites is 2. The van der Waals surface area contributed by atoms with E-state index < -0.39 is 17.4 Å². The van der Waals surface area contributed by atoms with Gasteiger partial charge in [0, 0.05) is 24.9 Å². The topological polar surface area (TPSA) is 67.4 Å². The van der Waals surface area contributed by atoms with Crippen molar-refractivity contribution in [2.45, 2.75) is 25.9 Å². The van der Waals surface area contributed by atoms with Crippen LogP contribution >= 0.6 is 0 Å². The molecule has 2 amide bonds. The average Bonchev–Trinajstić information content (AvgIpc) is 2.64. The van der Waals surface area contributed by atoms with Gasteiger partial charge in [-0.25, -0.2) is 0 Å². The first-order valence-corrected chi connectivity index (χ1v) is 8.39. The smallest absolute Gasteiger partial charge is 0.266 e. The Hall–Kier alpha value is -2.92. The van der Waals surface area contributed by atoms with Crippen LogP contribution < -0.4 is 10.6 Å². The number of benzene rings is 2. The molecular weight excluding hydrogens is 328 g/mol. The Kier molecular flexibility index (Phi) is 6.69. The van der Waals surface area contributed by atoms with Crippen LogP contribution in [0.5, 0.6) is 0 Å². The zero-order valence-electron chi connectivity index (χ0n) is 15.3. The predicted molar refractivity (Wildman–Crippen MR) is 104 cm³/mol. The minimum Gasteiger partial charge on any atom is -0.359 e. The lowest BCUT2D eigenvalue weighted by Crippen LogP contribution is -2.54. The molecule has 0 unspecified atom stereocenters. The third-order valence-electron chi connectivity index (χ3n) is 3.94. The molecule has 26 heavy (non-hydrogen) atoms. The van der Waals surface area contributed by atoms with E-state index in [9.17, 15) is 9.59 Å². The molecule has 0 spiro atoms. The highest BCUT2D eigenvalue weighted by Crippen LogP contribution is 2.23. The molecule has 2 aromatic carbocycles. The van der Waals surface area contributed by atoms with Crippen LogP contribution in [0.2, 0.25) is 0 Å². The third kappa shape index (κ3) is 4.80. The number of carbonyl (C=O) groups excluding carboxylic acids is 2. The lowest BCUT2D eigenvalue weighted by molar-refractivity contribution is -0.150. The number of ether oxygens (including phenoxy) is 1. The minimum absolute atomic E-state index is 0.128. The summed E-state index contributed by atoms with van der Waals surface area (Å²) >= 11 is 0. The third-order valence-corrected chi connectivity index (χ3v) is 3.94. The number of methoxy groups -OCH3 is 1. The lowest BCUT2D eigenvalue weighted by Gasteiger charge is -2.29. The number of allylic oxidation sites excluding steroid dienone is 1. The normalized spacial score (nSPS) is 10.7. The molecule has 0 heterocycles. The second-order valence-electron chi connectivity index (χ2n) is 6.16. The second-order valence-corrected chi connectivity index (χ2v) is 6.16. The van der Waals surface area contributed by atoms with E-state index in [-0.39, 0.29) is 6.42 Å². The second kappa shape index (κ2) is 8.97. The van der Waals surface area contributed by atoms with Crippen molar-refractivity contribution in [3.05, 3.63) is 72.3 Å². The Balaban J connectivity index is 2.32. The van der Waals surface area contributed by atoms with Crippen molar-refractivity contribution in [2.24, 2.45) is 0 Å². The molecule has 5 nitrogen and oxygen atoms in total. The van der Waals surface area contributed by atoms with E-state index in [2.05, 4.69) is 10.6 Å². The van der Waals surface area contributed by atoms with E-state index in [0.717, 1.165) is 5.57 Å². The molecule has 2 N–H and O–H groups in total. The van der Waals surface area contributed by atoms with Crippen molar-refractivity contribution in [3.8, 4) is 0 Å². The van der Waals surface area contributed by atoms with Gasteiger partial charge >= 0.3 is 0 Å². The van der Waals surface area contributed by atoms with Crippen LogP contribution in [0.25, 0.3) is 0 Å². The summed E-state index contributed by atoms with van der Waals surface area (Å²) in [6.45, 7) is 3.81. The summed E-state index contributed by atoms with van der Waals surface area (Å²) in [5.41, 5.74) is 0.516. The fourth-order valence-corrected chi connectivity index (χ4v) is 2.41. The molecule has 0 aliphatic heterocycles. The maximum atomic E-state index is 13.0. The number of hydrogen-bond acceptors (Lipinski definition) is 3.